The molecule has 1 unspecified atom stereocenters. The molecule has 0 bridgehead atoms. The van der Waals surface area contributed by atoms with E-state index in [1.807, 2.05) is 31.2 Å². The molecule has 1 aliphatic heterocycles. The highest BCUT2D eigenvalue weighted by Crippen LogP contribution is 2.44. The maximum absolute atomic E-state index is 12.3. The Hall–Kier alpha value is -2.37. The number of fused-ring (bicyclic) bond motifs is 3. The zero-order valence-electron chi connectivity index (χ0n) is 14.7. The minimum Gasteiger partial charge on any atom is -0.449 e. The molecule has 1 aliphatic carbocycles. The minimum atomic E-state index is -0.745. The van der Waals surface area contributed by atoms with Crippen molar-refractivity contribution in [2.45, 2.75) is 44.1 Å². The summed E-state index contributed by atoms with van der Waals surface area (Å²) >= 11 is 0. The van der Waals surface area contributed by atoms with Gasteiger partial charge in [0.05, 0.1) is 12.1 Å². The summed E-state index contributed by atoms with van der Waals surface area (Å²) in [7, 11) is 0. The molecular formula is C21H23NO4. The number of carbonyl (C=O) groups excluding carboxylic acids is 1. The first-order chi connectivity index (χ1) is 12.6. The van der Waals surface area contributed by atoms with Gasteiger partial charge in [0, 0.05) is 12.3 Å². The van der Waals surface area contributed by atoms with Crippen molar-refractivity contribution in [1.29, 1.82) is 0 Å². The third-order valence-electron chi connectivity index (χ3n) is 5.31. The Labute approximate surface area is 152 Å². The Morgan fingerprint density at radius 1 is 1.12 bits per heavy atom. The van der Waals surface area contributed by atoms with Crippen LogP contribution in [0.1, 0.15) is 36.8 Å². The predicted molar refractivity (Wildman–Crippen MR) is 97.8 cm³/mol. The average molecular weight is 353 g/mol. The summed E-state index contributed by atoms with van der Waals surface area (Å²) in [6, 6.07) is 16.4. The van der Waals surface area contributed by atoms with Crippen molar-refractivity contribution >= 4 is 6.09 Å². The Morgan fingerprint density at radius 2 is 1.73 bits per heavy atom. The maximum Gasteiger partial charge on any atom is 0.407 e. The van der Waals surface area contributed by atoms with E-state index in [0.717, 1.165) is 0 Å². The Morgan fingerprint density at radius 3 is 2.35 bits per heavy atom. The normalized spacial score (nSPS) is 24.6. The Balaban J connectivity index is 1.42. The number of nitrogens with one attached hydrogen (secondary N) is 1. The number of benzene rings is 2. The lowest BCUT2D eigenvalue weighted by atomic mass is 9.98. The third kappa shape index (κ3) is 3.20. The molecule has 3 atom stereocenters. The summed E-state index contributed by atoms with van der Waals surface area (Å²) in [5.74, 6) is 0.0509. The lowest BCUT2D eigenvalue weighted by Gasteiger charge is -2.32. The molecule has 2 aromatic carbocycles. The van der Waals surface area contributed by atoms with Crippen LogP contribution in [0.4, 0.5) is 4.79 Å². The molecule has 1 amide bonds. The number of amides is 1. The van der Waals surface area contributed by atoms with Crippen LogP contribution in [0.2, 0.25) is 0 Å². The van der Waals surface area contributed by atoms with Crippen molar-refractivity contribution in [2.24, 2.45) is 0 Å². The number of hydrogen-bond acceptors (Lipinski definition) is 4. The van der Waals surface area contributed by atoms with Gasteiger partial charge in [-0.2, -0.15) is 0 Å². The number of aliphatic hydroxyl groups excluding tert-OH is 1. The van der Waals surface area contributed by atoms with Crippen molar-refractivity contribution in [1.82, 2.24) is 5.32 Å². The smallest absolute Gasteiger partial charge is 0.407 e. The fourth-order valence-corrected chi connectivity index (χ4v) is 3.95. The van der Waals surface area contributed by atoms with Crippen molar-refractivity contribution in [3.8, 4) is 11.1 Å². The van der Waals surface area contributed by atoms with E-state index in [2.05, 4.69) is 29.6 Å². The molecule has 0 aromatic heterocycles. The SMILES string of the molecule is C[C@@H]1OC(O)CC[C@H]1NC(=O)OCC1c2ccccc2-c2ccccc21. The first-order valence-corrected chi connectivity index (χ1v) is 9.08. The molecular weight excluding hydrogens is 330 g/mol. The van der Waals surface area contributed by atoms with Gasteiger partial charge < -0.3 is 19.9 Å². The minimum absolute atomic E-state index is 0.0509. The number of hydrogen-bond donors (Lipinski definition) is 2. The fourth-order valence-electron chi connectivity index (χ4n) is 3.95. The quantitative estimate of drug-likeness (QED) is 0.887. The van der Waals surface area contributed by atoms with Gasteiger partial charge >= 0.3 is 6.09 Å². The molecule has 1 heterocycles. The van der Waals surface area contributed by atoms with E-state index in [9.17, 15) is 9.90 Å². The molecule has 0 saturated carbocycles. The van der Waals surface area contributed by atoms with Crippen LogP contribution in [-0.2, 0) is 9.47 Å². The molecule has 1 saturated heterocycles. The van der Waals surface area contributed by atoms with E-state index in [-0.39, 0.29) is 18.1 Å². The molecule has 5 nitrogen and oxygen atoms in total. The largest absolute Gasteiger partial charge is 0.449 e. The van der Waals surface area contributed by atoms with Crippen molar-refractivity contribution in [3.05, 3.63) is 59.7 Å². The highest BCUT2D eigenvalue weighted by atomic mass is 16.6. The van der Waals surface area contributed by atoms with Crippen LogP contribution in [0.15, 0.2) is 48.5 Å². The van der Waals surface area contributed by atoms with Gasteiger partial charge in [-0.3, -0.25) is 0 Å². The zero-order valence-corrected chi connectivity index (χ0v) is 14.7. The molecule has 5 heteroatoms. The molecule has 2 aliphatic rings. The monoisotopic (exact) mass is 353 g/mol. The van der Waals surface area contributed by atoms with E-state index >= 15 is 0 Å². The fraction of sp³-hybridized carbons (Fsp3) is 0.381. The van der Waals surface area contributed by atoms with Gasteiger partial charge in [0.1, 0.15) is 6.61 Å². The number of ether oxygens (including phenoxy) is 2. The summed E-state index contributed by atoms with van der Waals surface area (Å²) in [5, 5.41) is 12.4. The highest BCUT2D eigenvalue weighted by molar-refractivity contribution is 5.79. The van der Waals surface area contributed by atoms with Gasteiger partial charge in [0.15, 0.2) is 6.29 Å². The molecule has 26 heavy (non-hydrogen) atoms. The lowest BCUT2D eigenvalue weighted by Crippen LogP contribution is -2.48. The standard InChI is InChI=1S/C21H23NO4/c1-13-19(10-11-20(23)26-13)22-21(24)25-12-18-16-8-4-2-6-14(16)15-7-3-5-9-17(15)18/h2-9,13,18-20,23H,10-12H2,1H3,(H,22,24)/t13-,19+,20?/m0/s1. The molecule has 2 aromatic rings. The van der Waals surface area contributed by atoms with E-state index < -0.39 is 12.4 Å². The summed E-state index contributed by atoms with van der Waals surface area (Å²) in [5.41, 5.74) is 4.80. The van der Waals surface area contributed by atoms with E-state index in [0.29, 0.717) is 19.4 Å². The van der Waals surface area contributed by atoms with E-state index in [4.69, 9.17) is 9.47 Å². The number of alkyl carbamates (subject to hydrolysis) is 1. The molecule has 4 rings (SSSR count). The second kappa shape index (κ2) is 7.09. The van der Waals surface area contributed by atoms with Gasteiger partial charge in [0.2, 0.25) is 0 Å². The summed E-state index contributed by atoms with van der Waals surface area (Å²) in [4.78, 5) is 12.3. The summed E-state index contributed by atoms with van der Waals surface area (Å²) in [6.07, 6.45) is -0.237. The summed E-state index contributed by atoms with van der Waals surface area (Å²) < 4.78 is 10.9. The van der Waals surface area contributed by atoms with Crippen molar-refractivity contribution in [2.75, 3.05) is 6.61 Å². The second-order valence-corrected chi connectivity index (χ2v) is 6.95. The topological polar surface area (TPSA) is 67.8 Å². The molecule has 0 spiro atoms. The van der Waals surface area contributed by atoms with Crippen LogP contribution in [0.3, 0.4) is 0 Å². The lowest BCUT2D eigenvalue weighted by molar-refractivity contribution is -0.166. The maximum atomic E-state index is 12.3. The molecule has 2 N–H and O–H groups in total. The van der Waals surface area contributed by atoms with Gasteiger partial charge in [-0.1, -0.05) is 48.5 Å². The van der Waals surface area contributed by atoms with Crippen LogP contribution < -0.4 is 5.32 Å². The van der Waals surface area contributed by atoms with Crippen LogP contribution >= 0.6 is 0 Å². The number of aliphatic hydroxyl groups is 1. The predicted octanol–water partition coefficient (Wildman–Crippen LogP) is 3.41. The Bertz CT molecular complexity index is 761. The first-order valence-electron chi connectivity index (χ1n) is 9.08. The van der Waals surface area contributed by atoms with Gasteiger partial charge in [0.25, 0.3) is 0 Å². The Kier molecular flexibility index (Phi) is 4.66. The number of rotatable bonds is 3. The second-order valence-electron chi connectivity index (χ2n) is 6.95. The van der Waals surface area contributed by atoms with Gasteiger partial charge in [-0.25, -0.2) is 4.79 Å². The van der Waals surface area contributed by atoms with Crippen LogP contribution in [-0.4, -0.2) is 36.2 Å². The van der Waals surface area contributed by atoms with Gasteiger partial charge in [-0.15, -0.1) is 0 Å². The highest BCUT2D eigenvalue weighted by Gasteiger charge is 2.31. The van der Waals surface area contributed by atoms with Crippen LogP contribution in [0.5, 0.6) is 0 Å². The molecule has 136 valence electrons. The van der Waals surface area contributed by atoms with Crippen LogP contribution in [0.25, 0.3) is 11.1 Å². The first kappa shape index (κ1) is 17.1. The molecule has 0 radical (unpaired) electrons. The third-order valence-corrected chi connectivity index (χ3v) is 5.31. The average Bonchev–Trinajstić information content (AvgIpc) is 2.96. The zero-order chi connectivity index (χ0) is 18.1. The van der Waals surface area contributed by atoms with Gasteiger partial charge in [-0.05, 0) is 35.6 Å². The number of carbonyl (C=O) groups is 1. The van der Waals surface area contributed by atoms with E-state index in [1.165, 1.54) is 22.3 Å². The van der Waals surface area contributed by atoms with Crippen LogP contribution in [0, 0.1) is 0 Å². The molecule has 1 fully saturated rings. The van der Waals surface area contributed by atoms with E-state index in [1.54, 1.807) is 0 Å². The summed E-state index contributed by atoms with van der Waals surface area (Å²) in [6.45, 7) is 2.14. The van der Waals surface area contributed by atoms with Crippen molar-refractivity contribution < 1.29 is 19.4 Å². The van der Waals surface area contributed by atoms with Crippen molar-refractivity contribution in [3.63, 3.8) is 0 Å².